The molecule has 7 heteroatoms. The number of hydrogen-bond acceptors (Lipinski definition) is 4. The van der Waals surface area contributed by atoms with E-state index in [1.165, 1.54) is 11.1 Å². The number of hydrogen-bond donors (Lipinski definition) is 3. The molecule has 1 unspecified atom stereocenters. The number of carboxylic acids is 1. The van der Waals surface area contributed by atoms with Crippen molar-refractivity contribution in [2.24, 2.45) is 5.92 Å². The molecule has 7 nitrogen and oxygen atoms in total. The van der Waals surface area contributed by atoms with Crippen molar-refractivity contribution in [2.45, 2.75) is 69.9 Å². The highest BCUT2D eigenvalue weighted by Crippen LogP contribution is 2.44. The summed E-state index contributed by atoms with van der Waals surface area (Å²) in [5.74, 6) is -0.800. The number of carbonyl (C=O) groups is 3. The molecule has 2 amide bonds. The van der Waals surface area contributed by atoms with Gasteiger partial charge < -0.3 is 20.5 Å². The number of benzene rings is 2. The van der Waals surface area contributed by atoms with Crippen LogP contribution in [0.15, 0.2) is 48.5 Å². The Labute approximate surface area is 206 Å². The van der Waals surface area contributed by atoms with Crippen LogP contribution in [0.25, 0.3) is 11.1 Å². The van der Waals surface area contributed by atoms with Gasteiger partial charge in [-0.1, -0.05) is 68.3 Å². The van der Waals surface area contributed by atoms with E-state index in [-0.39, 0.29) is 49.3 Å². The maximum absolute atomic E-state index is 12.7. The van der Waals surface area contributed by atoms with Crippen LogP contribution in [0.4, 0.5) is 4.79 Å². The summed E-state index contributed by atoms with van der Waals surface area (Å²) in [5.41, 5.74) is 4.67. The molecule has 186 valence electrons. The van der Waals surface area contributed by atoms with Crippen LogP contribution in [0, 0.1) is 5.92 Å². The van der Waals surface area contributed by atoms with E-state index in [9.17, 15) is 14.4 Å². The Morgan fingerprint density at radius 2 is 1.66 bits per heavy atom. The van der Waals surface area contributed by atoms with E-state index in [4.69, 9.17) is 9.84 Å². The molecule has 3 N–H and O–H groups in total. The second kappa shape index (κ2) is 11.4. The molecule has 1 atom stereocenters. The van der Waals surface area contributed by atoms with Gasteiger partial charge in [0, 0.05) is 30.8 Å². The summed E-state index contributed by atoms with van der Waals surface area (Å²) in [6.45, 7) is 2.31. The molecule has 2 aliphatic rings. The molecule has 0 radical (unpaired) electrons. The molecule has 0 spiro atoms. The third-order valence-electron chi connectivity index (χ3n) is 7.07. The molecule has 0 aliphatic heterocycles. The smallest absolute Gasteiger partial charge is 0.407 e. The van der Waals surface area contributed by atoms with Gasteiger partial charge in [0.25, 0.3) is 0 Å². The van der Waals surface area contributed by atoms with E-state index in [0.717, 1.165) is 24.0 Å². The van der Waals surface area contributed by atoms with Crippen molar-refractivity contribution < 1.29 is 24.2 Å². The Morgan fingerprint density at radius 3 is 2.26 bits per heavy atom. The molecule has 2 aromatic rings. The van der Waals surface area contributed by atoms with Crippen LogP contribution in [0.1, 0.15) is 68.9 Å². The Morgan fingerprint density at radius 1 is 1.03 bits per heavy atom. The number of carboxylic acid groups (broad SMARTS) is 1. The van der Waals surface area contributed by atoms with Crippen molar-refractivity contribution in [3.63, 3.8) is 0 Å². The quantitative estimate of drug-likeness (QED) is 0.429. The number of fused-ring (bicyclic) bond motifs is 3. The highest BCUT2D eigenvalue weighted by atomic mass is 16.5. The third kappa shape index (κ3) is 6.21. The average Bonchev–Trinajstić information content (AvgIpc) is 3.13. The van der Waals surface area contributed by atoms with Gasteiger partial charge in [-0.2, -0.15) is 0 Å². The zero-order valence-electron chi connectivity index (χ0n) is 20.2. The van der Waals surface area contributed by atoms with Crippen LogP contribution in [-0.2, 0) is 14.3 Å². The van der Waals surface area contributed by atoms with Crippen molar-refractivity contribution in [1.29, 1.82) is 0 Å². The van der Waals surface area contributed by atoms with Crippen molar-refractivity contribution in [2.75, 3.05) is 6.61 Å². The molecule has 1 fully saturated rings. The summed E-state index contributed by atoms with van der Waals surface area (Å²) in [4.78, 5) is 36.0. The van der Waals surface area contributed by atoms with Gasteiger partial charge in [-0.05, 0) is 47.4 Å². The fourth-order valence-electron chi connectivity index (χ4n) is 5.26. The Bertz CT molecular complexity index is 1020. The Balaban J connectivity index is 1.29. The van der Waals surface area contributed by atoms with Gasteiger partial charge >= 0.3 is 12.1 Å². The highest BCUT2D eigenvalue weighted by Gasteiger charge is 2.32. The normalized spacial score (nSPS) is 19.1. The minimum absolute atomic E-state index is 0.0112. The average molecular weight is 479 g/mol. The van der Waals surface area contributed by atoms with Crippen LogP contribution in [0.2, 0.25) is 0 Å². The number of nitrogens with one attached hydrogen (secondary N) is 2. The van der Waals surface area contributed by atoms with Crippen LogP contribution in [0.3, 0.4) is 0 Å². The number of aliphatic carboxylic acids is 1. The first-order valence-corrected chi connectivity index (χ1v) is 12.6. The van der Waals surface area contributed by atoms with Gasteiger partial charge in [-0.25, -0.2) is 4.79 Å². The second-order valence-electron chi connectivity index (χ2n) is 9.71. The number of rotatable bonds is 11. The minimum atomic E-state index is -0.799. The maximum atomic E-state index is 12.7. The Kier molecular flexibility index (Phi) is 8.06. The zero-order chi connectivity index (χ0) is 24.8. The summed E-state index contributed by atoms with van der Waals surface area (Å²) in [5, 5.41) is 14.7. The molecule has 0 heterocycles. The lowest BCUT2D eigenvalue weighted by Gasteiger charge is -2.35. The zero-order valence-corrected chi connectivity index (χ0v) is 20.2. The van der Waals surface area contributed by atoms with E-state index < -0.39 is 12.1 Å². The van der Waals surface area contributed by atoms with Gasteiger partial charge in [-0.3, -0.25) is 9.59 Å². The van der Waals surface area contributed by atoms with Crippen LogP contribution in [-0.4, -0.2) is 41.8 Å². The monoisotopic (exact) mass is 478 g/mol. The number of alkyl carbamates (subject to hydrolysis) is 1. The summed E-state index contributed by atoms with van der Waals surface area (Å²) in [6.07, 6.45) is 3.76. The lowest BCUT2D eigenvalue weighted by molar-refractivity contribution is -0.139. The van der Waals surface area contributed by atoms with Gasteiger partial charge in [0.2, 0.25) is 5.91 Å². The van der Waals surface area contributed by atoms with Crippen molar-refractivity contribution in [3.05, 3.63) is 59.7 Å². The number of ether oxygens (including phenoxy) is 1. The summed E-state index contributed by atoms with van der Waals surface area (Å²) < 4.78 is 5.66. The topological polar surface area (TPSA) is 105 Å². The lowest BCUT2D eigenvalue weighted by atomic mass is 9.78. The van der Waals surface area contributed by atoms with Gasteiger partial charge in [0.15, 0.2) is 0 Å². The molecular weight excluding hydrogens is 444 g/mol. The van der Waals surface area contributed by atoms with Gasteiger partial charge in [0.05, 0.1) is 0 Å². The molecule has 2 aromatic carbocycles. The van der Waals surface area contributed by atoms with E-state index in [1.54, 1.807) is 0 Å². The molecule has 0 saturated heterocycles. The van der Waals surface area contributed by atoms with Gasteiger partial charge in [-0.15, -0.1) is 0 Å². The first-order valence-electron chi connectivity index (χ1n) is 12.6. The van der Waals surface area contributed by atoms with Crippen molar-refractivity contribution in [3.8, 4) is 11.1 Å². The van der Waals surface area contributed by atoms with Crippen LogP contribution >= 0.6 is 0 Å². The van der Waals surface area contributed by atoms with Crippen LogP contribution < -0.4 is 10.6 Å². The van der Waals surface area contributed by atoms with Crippen LogP contribution in [0.5, 0.6) is 0 Å². The number of unbranched alkanes of at least 4 members (excludes halogenated alkanes) is 1. The number of carbonyl (C=O) groups excluding carboxylic acids is 2. The van der Waals surface area contributed by atoms with Gasteiger partial charge in [0.1, 0.15) is 6.61 Å². The first-order chi connectivity index (χ1) is 16.9. The predicted octanol–water partition coefficient (Wildman–Crippen LogP) is 4.84. The third-order valence-corrected chi connectivity index (χ3v) is 7.07. The molecule has 2 aliphatic carbocycles. The van der Waals surface area contributed by atoms with E-state index in [1.807, 2.05) is 24.3 Å². The summed E-state index contributed by atoms with van der Waals surface area (Å²) in [6, 6.07) is 16.1. The predicted molar refractivity (Wildman–Crippen MR) is 133 cm³/mol. The molecular formula is C28H34N2O5. The molecule has 1 saturated carbocycles. The largest absolute Gasteiger partial charge is 0.481 e. The summed E-state index contributed by atoms with van der Waals surface area (Å²) in [7, 11) is 0. The molecule has 0 aromatic heterocycles. The standard InChI is InChI=1S/C28H34N2O5/c1-2-3-8-19(16-26(31)29-20-13-18(14-20)15-27(32)33)30-28(34)35-17-25-23-11-6-4-9-21(23)22-10-5-7-12-24(22)25/h4-7,9-12,18-20,25H,2-3,8,13-17H2,1H3,(H,29,31)(H,30,34)(H,32,33). The summed E-state index contributed by atoms with van der Waals surface area (Å²) >= 11 is 0. The molecule has 0 bridgehead atoms. The number of amides is 2. The highest BCUT2D eigenvalue weighted by molar-refractivity contribution is 5.80. The Hall–Kier alpha value is -3.35. The lowest BCUT2D eigenvalue weighted by Crippen LogP contribution is -2.47. The maximum Gasteiger partial charge on any atom is 0.407 e. The minimum Gasteiger partial charge on any atom is -0.481 e. The fourth-order valence-corrected chi connectivity index (χ4v) is 5.26. The van der Waals surface area contributed by atoms with Crippen molar-refractivity contribution >= 4 is 18.0 Å². The van der Waals surface area contributed by atoms with E-state index in [2.05, 4.69) is 41.8 Å². The second-order valence-corrected chi connectivity index (χ2v) is 9.71. The molecule has 4 rings (SSSR count). The SMILES string of the molecule is CCCCC(CC(=O)NC1CC(CC(=O)O)C1)NC(=O)OCC1c2ccccc2-c2ccccc21. The first kappa shape index (κ1) is 24.8. The van der Waals surface area contributed by atoms with E-state index in [0.29, 0.717) is 19.3 Å². The van der Waals surface area contributed by atoms with E-state index >= 15 is 0 Å². The van der Waals surface area contributed by atoms with Crippen molar-refractivity contribution in [1.82, 2.24) is 10.6 Å². The molecule has 35 heavy (non-hydrogen) atoms. The fraction of sp³-hybridized carbons (Fsp3) is 0.464.